The molecule has 0 saturated heterocycles. The maximum absolute atomic E-state index is 11.0. The SMILES string of the molecule is NC(=O)Nc1cccc2sc3ccccc3c12. The largest absolute Gasteiger partial charge is 0.351 e. The fraction of sp³-hybridized carbons (Fsp3) is 0. The molecule has 0 bridgehead atoms. The Bertz CT molecular complexity index is 718. The fourth-order valence-electron chi connectivity index (χ4n) is 2.01. The molecule has 0 aliphatic rings. The molecule has 0 aliphatic carbocycles. The minimum absolute atomic E-state index is 0.534. The van der Waals surface area contributed by atoms with Gasteiger partial charge in [-0.3, -0.25) is 0 Å². The van der Waals surface area contributed by atoms with Crippen LogP contribution in [-0.2, 0) is 0 Å². The van der Waals surface area contributed by atoms with Gasteiger partial charge in [-0.2, -0.15) is 0 Å². The Morgan fingerprint density at radius 1 is 1.06 bits per heavy atom. The molecule has 0 unspecified atom stereocenters. The van der Waals surface area contributed by atoms with E-state index in [-0.39, 0.29) is 0 Å². The Balaban J connectivity index is 2.39. The first kappa shape index (κ1) is 10.1. The third kappa shape index (κ3) is 1.62. The van der Waals surface area contributed by atoms with E-state index in [0.717, 1.165) is 21.2 Å². The second kappa shape index (κ2) is 3.75. The number of nitrogens with one attached hydrogen (secondary N) is 1. The third-order valence-corrected chi connectivity index (χ3v) is 3.80. The maximum atomic E-state index is 11.0. The number of carbonyl (C=O) groups excluding carboxylic acids is 1. The molecule has 0 fully saturated rings. The standard InChI is InChI=1S/C13H10N2OS/c14-13(16)15-9-5-3-7-11-12(9)8-4-1-2-6-10(8)17-11/h1-7H,(H3,14,15,16). The Labute approximate surface area is 102 Å². The second-order valence-electron chi connectivity index (χ2n) is 3.77. The van der Waals surface area contributed by atoms with Crippen molar-refractivity contribution in [1.82, 2.24) is 0 Å². The Kier molecular flexibility index (Phi) is 2.23. The van der Waals surface area contributed by atoms with Gasteiger partial charge >= 0.3 is 6.03 Å². The number of amides is 2. The van der Waals surface area contributed by atoms with Gasteiger partial charge in [-0.05, 0) is 18.2 Å². The molecule has 0 radical (unpaired) electrons. The summed E-state index contributed by atoms with van der Waals surface area (Å²) in [7, 11) is 0. The van der Waals surface area contributed by atoms with E-state index in [2.05, 4.69) is 17.4 Å². The fourth-order valence-corrected chi connectivity index (χ4v) is 3.14. The average Bonchev–Trinajstić information content (AvgIpc) is 2.67. The summed E-state index contributed by atoms with van der Waals surface area (Å²) in [5.41, 5.74) is 5.95. The second-order valence-corrected chi connectivity index (χ2v) is 4.85. The van der Waals surface area contributed by atoms with Gasteiger partial charge in [-0.15, -0.1) is 11.3 Å². The van der Waals surface area contributed by atoms with Gasteiger partial charge in [0.25, 0.3) is 0 Å². The first-order chi connectivity index (χ1) is 8.25. The van der Waals surface area contributed by atoms with Crippen molar-refractivity contribution in [3.63, 3.8) is 0 Å². The van der Waals surface area contributed by atoms with E-state index in [1.165, 1.54) is 4.70 Å². The number of primary amides is 1. The number of hydrogen-bond acceptors (Lipinski definition) is 2. The van der Waals surface area contributed by atoms with E-state index >= 15 is 0 Å². The molecule has 3 nitrogen and oxygen atoms in total. The number of nitrogens with two attached hydrogens (primary N) is 1. The lowest BCUT2D eigenvalue weighted by molar-refractivity contribution is 0.259. The van der Waals surface area contributed by atoms with Gasteiger partial charge in [0.05, 0.1) is 5.69 Å². The van der Waals surface area contributed by atoms with Crippen LogP contribution in [0.4, 0.5) is 10.5 Å². The number of urea groups is 1. The van der Waals surface area contributed by atoms with Crippen molar-refractivity contribution in [2.24, 2.45) is 5.73 Å². The van der Waals surface area contributed by atoms with Gasteiger partial charge in [0.1, 0.15) is 0 Å². The molecule has 0 atom stereocenters. The molecular formula is C13H10N2OS. The van der Waals surface area contributed by atoms with Crippen LogP contribution in [0, 0.1) is 0 Å². The van der Waals surface area contributed by atoms with Crippen molar-refractivity contribution in [2.75, 3.05) is 5.32 Å². The first-order valence-electron chi connectivity index (χ1n) is 5.22. The lowest BCUT2D eigenvalue weighted by Crippen LogP contribution is -2.19. The zero-order valence-electron chi connectivity index (χ0n) is 8.94. The minimum Gasteiger partial charge on any atom is -0.351 e. The summed E-state index contributed by atoms with van der Waals surface area (Å²) < 4.78 is 2.36. The van der Waals surface area contributed by atoms with E-state index in [1.54, 1.807) is 11.3 Å². The zero-order chi connectivity index (χ0) is 11.8. The lowest BCUT2D eigenvalue weighted by Gasteiger charge is -2.03. The number of rotatable bonds is 1. The molecule has 17 heavy (non-hydrogen) atoms. The van der Waals surface area contributed by atoms with Crippen LogP contribution in [0.3, 0.4) is 0 Å². The minimum atomic E-state index is -0.534. The van der Waals surface area contributed by atoms with E-state index in [0.29, 0.717) is 0 Å². The van der Waals surface area contributed by atoms with Crippen LogP contribution in [0.1, 0.15) is 0 Å². The summed E-state index contributed by atoms with van der Waals surface area (Å²) in [4.78, 5) is 11.0. The third-order valence-electron chi connectivity index (χ3n) is 2.66. The number of carbonyl (C=O) groups is 1. The predicted octanol–water partition coefficient (Wildman–Crippen LogP) is 3.55. The van der Waals surface area contributed by atoms with Gasteiger partial charge in [-0.25, -0.2) is 4.79 Å². The molecule has 0 spiro atoms. The van der Waals surface area contributed by atoms with Crippen LogP contribution in [0.2, 0.25) is 0 Å². The first-order valence-corrected chi connectivity index (χ1v) is 6.04. The van der Waals surface area contributed by atoms with Crippen LogP contribution >= 0.6 is 11.3 Å². The highest BCUT2D eigenvalue weighted by molar-refractivity contribution is 7.25. The van der Waals surface area contributed by atoms with Crippen molar-refractivity contribution in [3.8, 4) is 0 Å². The highest BCUT2D eigenvalue weighted by Crippen LogP contribution is 2.37. The Morgan fingerprint density at radius 2 is 1.82 bits per heavy atom. The topological polar surface area (TPSA) is 55.1 Å². The molecule has 0 saturated carbocycles. The van der Waals surface area contributed by atoms with Crippen LogP contribution in [0.15, 0.2) is 42.5 Å². The van der Waals surface area contributed by atoms with Gasteiger partial charge in [0.15, 0.2) is 0 Å². The van der Waals surface area contributed by atoms with Gasteiger partial charge in [-0.1, -0.05) is 24.3 Å². The van der Waals surface area contributed by atoms with Crippen molar-refractivity contribution in [3.05, 3.63) is 42.5 Å². The number of hydrogen-bond donors (Lipinski definition) is 2. The van der Waals surface area contributed by atoms with Crippen LogP contribution in [-0.4, -0.2) is 6.03 Å². The van der Waals surface area contributed by atoms with Crippen LogP contribution < -0.4 is 11.1 Å². The van der Waals surface area contributed by atoms with E-state index in [1.807, 2.05) is 30.3 Å². The smallest absolute Gasteiger partial charge is 0.316 e. The molecule has 2 aromatic carbocycles. The molecule has 3 rings (SSSR count). The highest BCUT2D eigenvalue weighted by atomic mass is 32.1. The van der Waals surface area contributed by atoms with Crippen molar-refractivity contribution in [2.45, 2.75) is 0 Å². The number of anilines is 1. The van der Waals surface area contributed by atoms with E-state index < -0.39 is 6.03 Å². The van der Waals surface area contributed by atoms with Gasteiger partial charge in [0.2, 0.25) is 0 Å². The van der Waals surface area contributed by atoms with Crippen molar-refractivity contribution < 1.29 is 4.79 Å². The molecule has 1 heterocycles. The summed E-state index contributed by atoms with van der Waals surface area (Å²) in [5.74, 6) is 0. The number of fused-ring (bicyclic) bond motifs is 3. The van der Waals surface area contributed by atoms with Gasteiger partial charge < -0.3 is 11.1 Å². The quantitative estimate of drug-likeness (QED) is 0.673. The number of benzene rings is 2. The predicted molar refractivity (Wildman–Crippen MR) is 72.5 cm³/mol. The molecule has 3 aromatic rings. The summed E-state index contributed by atoms with van der Waals surface area (Å²) in [6, 6.07) is 13.4. The summed E-state index contributed by atoms with van der Waals surface area (Å²) in [6.45, 7) is 0. The Morgan fingerprint density at radius 3 is 2.65 bits per heavy atom. The lowest BCUT2D eigenvalue weighted by atomic mass is 10.1. The summed E-state index contributed by atoms with van der Waals surface area (Å²) in [6.07, 6.45) is 0. The van der Waals surface area contributed by atoms with Crippen molar-refractivity contribution in [1.29, 1.82) is 0 Å². The highest BCUT2D eigenvalue weighted by Gasteiger charge is 2.09. The maximum Gasteiger partial charge on any atom is 0.316 e. The summed E-state index contributed by atoms with van der Waals surface area (Å²) in [5, 5.41) is 4.88. The molecular weight excluding hydrogens is 232 g/mol. The summed E-state index contributed by atoms with van der Waals surface area (Å²) >= 11 is 1.71. The Hall–Kier alpha value is -2.07. The average molecular weight is 242 g/mol. The molecule has 4 heteroatoms. The normalized spacial score (nSPS) is 10.8. The monoisotopic (exact) mass is 242 g/mol. The molecule has 84 valence electrons. The molecule has 2 amide bonds. The van der Waals surface area contributed by atoms with E-state index in [9.17, 15) is 4.79 Å². The molecule has 0 aliphatic heterocycles. The molecule has 1 aromatic heterocycles. The molecule has 3 N–H and O–H groups in total. The van der Waals surface area contributed by atoms with Crippen LogP contribution in [0.5, 0.6) is 0 Å². The van der Waals surface area contributed by atoms with Crippen molar-refractivity contribution >= 4 is 43.2 Å². The van der Waals surface area contributed by atoms with E-state index in [4.69, 9.17) is 5.73 Å². The van der Waals surface area contributed by atoms with Crippen LogP contribution in [0.25, 0.3) is 20.2 Å². The van der Waals surface area contributed by atoms with Gasteiger partial charge in [0, 0.05) is 20.2 Å². The number of thiophene rings is 1. The zero-order valence-corrected chi connectivity index (χ0v) is 9.75.